The number of para-hydroxylation sites is 2. The van der Waals surface area contributed by atoms with Crippen molar-refractivity contribution in [1.29, 1.82) is 0 Å². The topological polar surface area (TPSA) is 18.5 Å². The molecule has 2 heteroatoms. The van der Waals surface area contributed by atoms with Crippen molar-refractivity contribution in [1.82, 2.24) is 0 Å². The van der Waals surface area contributed by atoms with Crippen LogP contribution in [0.1, 0.15) is 5.56 Å². The summed E-state index contributed by atoms with van der Waals surface area (Å²) in [4.78, 5) is 0. The van der Waals surface area contributed by atoms with Crippen LogP contribution in [-0.4, -0.2) is 7.11 Å². The summed E-state index contributed by atoms with van der Waals surface area (Å²) in [6, 6.07) is 17.6. The van der Waals surface area contributed by atoms with Crippen LogP contribution in [0.5, 0.6) is 11.5 Å². The minimum absolute atomic E-state index is 0.559. The second-order valence-electron chi connectivity index (χ2n) is 3.46. The molecule has 0 fully saturated rings. The van der Waals surface area contributed by atoms with E-state index in [0.29, 0.717) is 6.61 Å². The number of rotatable bonds is 4. The highest BCUT2D eigenvalue weighted by molar-refractivity contribution is 5.37. The predicted molar refractivity (Wildman–Crippen MR) is 63.7 cm³/mol. The van der Waals surface area contributed by atoms with Crippen molar-refractivity contribution >= 4 is 0 Å². The molecule has 0 unspecified atom stereocenters. The number of ether oxygens (including phenoxy) is 2. The molecule has 0 bridgehead atoms. The third-order valence-corrected chi connectivity index (χ3v) is 2.24. The molecule has 16 heavy (non-hydrogen) atoms. The molecule has 0 spiro atoms. The molecular weight excluding hydrogens is 200 g/mol. The molecule has 0 atom stereocenters. The van der Waals surface area contributed by atoms with E-state index in [4.69, 9.17) is 9.47 Å². The summed E-state index contributed by atoms with van der Waals surface area (Å²) in [7, 11) is 1.68. The standard InChI is InChI=1S/C14H14O2/c1-15-11-12-7-5-6-10-14(12)16-13-8-3-2-4-9-13/h2-10H,11H2,1H3. The summed E-state index contributed by atoms with van der Waals surface area (Å²) in [5.41, 5.74) is 1.05. The van der Waals surface area contributed by atoms with Gasteiger partial charge in [-0.25, -0.2) is 0 Å². The first-order chi connectivity index (χ1) is 7.90. The Morgan fingerprint density at radius 2 is 1.56 bits per heavy atom. The van der Waals surface area contributed by atoms with Gasteiger partial charge in [-0.15, -0.1) is 0 Å². The Morgan fingerprint density at radius 3 is 2.31 bits per heavy atom. The van der Waals surface area contributed by atoms with E-state index in [-0.39, 0.29) is 0 Å². The average molecular weight is 214 g/mol. The summed E-state index contributed by atoms with van der Waals surface area (Å²) in [5, 5.41) is 0. The van der Waals surface area contributed by atoms with Crippen molar-refractivity contribution in [2.24, 2.45) is 0 Å². The third-order valence-electron chi connectivity index (χ3n) is 2.24. The van der Waals surface area contributed by atoms with E-state index < -0.39 is 0 Å². The second-order valence-corrected chi connectivity index (χ2v) is 3.46. The van der Waals surface area contributed by atoms with E-state index in [1.54, 1.807) is 7.11 Å². The molecule has 82 valence electrons. The Bertz CT molecular complexity index is 437. The fourth-order valence-electron chi connectivity index (χ4n) is 1.49. The van der Waals surface area contributed by atoms with E-state index >= 15 is 0 Å². The van der Waals surface area contributed by atoms with Gasteiger partial charge in [-0.05, 0) is 18.2 Å². The largest absolute Gasteiger partial charge is 0.457 e. The van der Waals surface area contributed by atoms with Crippen molar-refractivity contribution < 1.29 is 9.47 Å². The Hall–Kier alpha value is -1.80. The smallest absolute Gasteiger partial charge is 0.132 e. The van der Waals surface area contributed by atoms with Crippen molar-refractivity contribution in [2.45, 2.75) is 6.61 Å². The van der Waals surface area contributed by atoms with Gasteiger partial charge in [0.1, 0.15) is 11.5 Å². The zero-order valence-corrected chi connectivity index (χ0v) is 9.22. The molecule has 2 aromatic carbocycles. The Morgan fingerprint density at radius 1 is 0.875 bits per heavy atom. The van der Waals surface area contributed by atoms with Gasteiger partial charge >= 0.3 is 0 Å². The molecule has 2 nitrogen and oxygen atoms in total. The zero-order valence-electron chi connectivity index (χ0n) is 9.22. The van der Waals surface area contributed by atoms with Gasteiger partial charge in [-0.3, -0.25) is 0 Å². The third kappa shape index (κ3) is 2.61. The first-order valence-electron chi connectivity index (χ1n) is 5.20. The molecule has 2 aromatic rings. The van der Waals surface area contributed by atoms with Crippen molar-refractivity contribution in [3.63, 3.8) is 0 Å². The Kier molecular flexibility index (Phi) is 3.57. The predicted octanol–water partition coefficient (Wildman–Crippen LogP) is 3.63. The van der Waals surface area contributed by atoms with Crippen LogP contribution in [-0.2, 0) is 11.3 Å². The summed E-state index contributed by atoms with van der Waals surface area (Å²) >= 11 is 0. The van der Waals surface area contributed by atoms with E-state index in [2.05, 4.69) is 0 Å². The van der Waals surface area contributed by atoms with E-state index in [1.165, 1.54) is 0 Å². The highest BCUT2D eigenvalue weighted by Gasteiger charge is 2.03. The van der Waals surface area contributed by atoms with Gasteiger partial charge in [0.15, 0.2) is 0 Å². The molecule has 0 aliphatic rings. The molecule has 0 N–H and O–H groups in total. The van der Waals surface area contributed by atoms with E-state index in [0.717, 1.165) is 17.1 Å². The van der Waals surface area contributed by atoms with Crippen molar-refractivity contribution in [2.75, 3.05) is 7.11 Å². The van der Waals surface area contributed by atoms with Crippen molar-refractivity contribution in [3.8, 4) is 11.5 Å². The quantitative estimate of drug-likeness (QED) is 0.773. The highest BCUT2D eigenvalue weighted by atomic mass is 16.5. The number of benzene rings is 2. The van der Waals surface area contributed by atoms with Gasteiger partial charge < -0.3 is 9.47 Å². The first kappa shape index (κ1) is 10.7. The molecular formula is C14H14O2. The Balaban J connectivity index is 2.21. The zero-order chi connectivity index (χ0) is 11.2. The van der Waals surface area contributed by atoms with Crippen molar-refractivity contribution in [3.05, 3.63) is 60.2 Å². The van der Waals surface area contributed by atoms with Gasteiger partial charge in [-0.1, -0.05) is 36.4 Å². The fourth-order valence-corrected chi connectivity index (χ4v) is 1.49. The van der Waals surface area contributed by atoms with E-state index in [9.17, 15) is 0 Å². The lowest BCUT2D eigenvalue weighted by atomic mass is 10.2. The summed E-state index contributed by atoms with van der Waals surface area (Å²) < 4.78 is 10.9. The molecule has 0 aliphatic carbocycles. The van der Waals surface area contributed by atoms with Crippen LogP contribution in [0.15, 0.2) is 54.6 Å². The summed E-state index contributed by atoms with van der Waals surface area (Å²) in [6.45, 7) is 0.559. The maximum absolute atomic E-state index is 5.78. The normalized spacial score (nSPS) is 10.1. The Labute approximate surface area is 95.4 Å². The lowest BCUT2D eigenvalue weighted by Gasteiger charge is -2.10. The lowest BCUT2D eigenvalue weighted by molar-refractivity contribution is 0.182. The maximum atomic E-state index is 5.78. The molecule has 0 aromatic heterocycles. The van der Waals surface area contributed by atoms with Crippen LogP contribution in [0.3, 0.4) is 0 Å². The number of methoxy groups -OCH3 is 1. The van der Waals surface area contributed by atoms with Crippen LogP contribution < -0.4 is 4.74 Å². The summed E-state index contributed by atoms with van der Waals surface area (Å²) in [6.07, 6.45) is 0. The molecule has 0 saturated heterocycles. The van der Waals surface area contributed by atoms with Gasteiger partial charge in [0.05, 0.1) is 6.61 Å². The number of hydrogen-bond acceptors (Lipinski definition) is 2. The molecule has 0 aliphatic heterocycles. The van der Waals surface area contributed by atoms with E-state index in [1.807, 2.05) is 54.6 Å². The second kappa shape index (κ2) is 5.33. The van der Waals surface area contributed by atoms with Crippen LogP contribution in [0.4, 0.5) is 0 Å². The summed E-state index contributed by atoms with van der Waals surface area (Å²) in [5.74, 6) is 1.68. The minimum Gasteiger partial charge on any atom is -0.457 e. The highest BCUT2D eigenvalue weighted by Crippen LogP contribution is 2.25. The molecule has 0 saturated carbocycles. The number of hydrogen-bond donors (Lipinski definition) is 0. The van der Waals surface area contributed by atoms with Gasteiger partial charge in [0, 0.05) is 12.7 Å². The van der Waals surface area contributed by atoms with Crippen LogP contribution in [0.25, 0.3) is 0 Å². The van der Waals surface area contributed by atoms with Crippen LogP contribution >= 0.6 is 0 Å². The maximum Gasteiger partial charge on any atom is 0.132 e. The molecule has 0 radical (unpaired) electrons. The molecule has 0 heterocycles. The minimum atomic E-state index is 0.559. The van der Waals surface area contributed by atoms with Crippen LogP contribution in [0.2, 0.25) is 0 Å². The molecule has 2 rings (SSSR count). The SMILES string of the molecule is COCc1ccccc1Oc1ccccc1. The first-order valence-corrected chi connectivity index (χ1v) is 5.20. The fraction of sp³-hybridized carbons (Fsp3) is 0.143. The monoisotopic (exact) mass is 214 g/mol. The van der Waals surface area contributed by atoms with Crippen LogP contribution in [0, 0.1) is 0 Å². The van der Waals surface area contributed by atoms with Gasteiger partial charge in [0.2, 0.25) is 0 Å². The van der Waals surface area contributed by atoms with Gasteiger partial charge in [-0.2, -0.15) is 0 Å². The average Bonchev–Trinajstić information content (AvgIpc) is 2.33. The van der Waals surface area contributed by atoms with Gasteiger partial charge in [0.25, 0.3) is 0 Å². The lowest BCUT2D eigenvalue weighted by Crippen LogP contribution is -1.92. The molecule has 0 amide bonds.